The first-order valence-corrected chi connectivity index (χ1v) is 18.5. The number of anilines is 3. The number of thiophene rings is 1. The SMILES string of the molecule is CC1(C)c2ccccc2-c2ccc(N(c3ccc(-c4ccccc4)cc3)c3ccc(-c4cc5c6ccccc6sc5c5ccccc45)cc3)cc21. The molecule has 0 atom stereocenters. The summed E-state index contributed by atoms with van der Waals surface area (Å²) in [6.45, 7) is 4.71. The van der Waals surface area contributed by atoms with Crippen molar-refractivity contribution in [1.29, 1.82) is 0 Å². The summed E-state index contributed by atoms with van der Waals surface area (Å²) in [6, 6.07) is 64.8. The van der Waals surface area contributed by atoms with E-state index in [1.165, 1.54) is 75.5 Å². The van der Waals surface area contributed by atoms with E-state index in [2.05, 4.69) is 195 Å². The lowest BCUT2D eigenvalue weighted by atomic mass is 9.82. The molecule has 0 aliphatic heterocycles. The van der Waals surface area contributed by atoms with Gasteiger partial charge in [-0.3, -0.25) is 0 Å². The molecule has 0 N–H and O–H groups in total. The summed E-state index contributed by atoms with van der Waals surface area (Å²) in [7, 11) is 0. The maximum Gasteiger partial charge on any atom is 0.0465 e. The highest BCUT2D eigenvalue weighted by Crippen LogP contribution is 2.51. The molecular formula is C49H35NS. The second-order valence-electron chi connectivity index (χ2n) is 14.1. The summed E-state index contributed by atoms with van der Waals surface area (Å²) in [6.07, 6.45) is 0. The van der Waals surface area contributed by atoms with Crippen LogP contribution in [0.4, 0.5) is 17.1 Å². The largest absolute Gasteiger partial charge is 0.310 e. The molecule has 1 heterocycles. The van der Waals surface area contributed by atoms with Gasteiger partial charge in [-0.05, 0) is 98.4 Å². The molecule has 0 fully saturated rings. The second-order valence-corrected chi connectivity index (χ2v) is 15.2. The van der Waals surface area contributed by atoms with Gasteiger partial charge < -0.3 is 4.90 Å². The van der Waals surface area contributed by atoms with E-state index in [9.17, 15) is 0 Å². The van der Waals surface area contributed by atoms with Crippen molar-refractivity contribution in [2.75, 3.05) is 4.90 Å². The van der Waals surface area contributed by atoms with Gasteiger partial charge in [0.1, 0.15) is 0 Å². The first kappa shape index (κ1) is 29.9. The van der Waals surface area contributed by atoms with Crippen LogP contribution in [0.3, 0.4) is 0 Å². The molecule has 9 aromatic rings. The minimum Gasteiger partial charge on any atom is -0.310 e. The fourth-order valence-electron chi connectivity index (χ4n) is 8.29. The van der Waals surface area contributed by atoms with Gasteiger partial charge in [0.05, 0.1) is 0 Å². The average molecular weight is 670 g/mol. The van der Waals surface area contributed by atoms with E-state index in [1.54, 1.807) is 0 Å². The van der Waals surface area contributed by atoms with Gasteiger partial charge in [-0.1, -0.05) is 141 Å². The number of hydrogen-bond acceptors (Lipinski definition) is 2. The highest BCUT2D eigenvalue weighted by atomic mass is 32.1. The minimum absolute atomic E-state index is 0.0832. The van der Waals surface area contributed by atoms with E-state index in [-0.39, 0.29) is 5.41 Å². The molecule has 10 rings (SSSR count). The number of fused-ring (bicyclic) bond motifs is 8. The van der Waals surface area contributed by atoms with Crippen LogP contribution in [0.2, 0.25) is 0 Å². The Labute approximate surface area is 302 Å². The van der Waals surface area contributed by atoms with Gasteiger partial charge in [0.2, 0.25) is 0 Å². The average Bonchev–Trinajstić information content (AvgIpc) is 3.68. The van der Waals surface area contributed by atoms with Crippen molar-refractivity contribution >= 4 is 59.3 Å². The smallest absolute Gasteiger partial charge is 0.0465 e. The molecule has 51 heavy (non-hydrogen) atoms. The normalized spacial score (nSPS) is 13.1. The van der Waals surface area contributed by atoms with Crippen molar-refractivity contribution in [3.63, 3.8) is 0 Å². The Kier molecular flexibility index (Phi) is 6.78. The molecule has 1 aliphatic rings. The molecule has 0 amide bonds. The molecule has 0 bridgehead atoms. The van der Waals surface area contributed by atoms with Gasteiger partial charge in [-0.2, -0.15) is 0 Å². The number of nitrogens with zero attached hydrogens (tertiary/aromatic N) is 1. The number of hydrogen-bond donors (Lipinski definition) is 0. The Morgan fingerprint density at radius 2 is 0.961 bits per heavy atom. The molecule has 1 aliphatic carbocycles. The lowest BCUT2D eigenvalue weighted by molar-refractivity contribution is 0.660. The molecule has 8 aromatic carbocycles. The number of benzene rings is 8. The van der Waals surface area contributed by atoms with Gasteiger partial charge in [0, 0.05) is 48.0 Å². The Morgan fingerprint density at radius 1 is 0.392 bits per heavy atom. The molecule has 0 unspecified atom stereocenters. The van der Waals surface area contributed by atoms with Crippen molar-refractivity contribution in [2.24, 2.45) is 0 Å². The molecular weight excluding hydrogens is 635 g/mol. The number of rotatable bonds is 5. The van der Waals surface area contributed by atoms with Crippen molar-refractivity contribution in [2.45, 2.75) is 19.3 Å². The van der Waals surface area contributed by atoms with Gasteiger partial charge in [-0.25, -0.2) is 0 Å². The van der Waals surface area contributed by atoms with Crippen LogP contribution in [-0.2, 0) is 5.41 Å². The van der Waals surface area contributed by atoms with Crippen LogP contribution in [0.5, 0.6) is 0 Å². The summed E-state index contributed by atoms with van der Waals surface area (Å²) in [5.74, 6) is 0. The Balaban J connectivity index is 1.11. The van der Waals surface area contributed by atoms with Gasteiger partial charge in [0.15, 0.2) is 0 Å². The van der Waals surface area contributed by atoms with Crippen LogP contribution in [0.15, 0.2) is 176 Å². The fourth-order valence-corrected chi connectivity index (χ4v) is 9.51. The van der Waals surface area contributed by atoms with Crippen LogP contribution < -0.4 is 4.90 Å². The first-order chi connectivity index (χ1) is 25.0. The van der Waals surface area contributed by atoms with Gasteiger partial charge in [-0.15, -0.1) is 11.3 Å². The summed E-state index contributed by atoms with van der Waals surface area (Å²) in [5, 5.41) is 5.26. The maximum atomic E-state index is 2.41. The van der Waals surface area contributed by atoms with Crippen molar-refractivity contribution in [3.8, 4) is 33.4 Å². The molecule has 0 saturated carbocycles. The van der Waals surface area contributed by atoms with E-state index in [4.69, 9.17) is 0 Å². The van der Waals surface area contributed by atoms with E-state index in [0.29, 0.717) is 0 Å². The zero-order valence-corrected chi connectivity index (χ0v) is 29.4. The summed E-state index contributed by atoms with van der Waals surface area (Å²) < 4.78 is 2.69. The lowest BCUT2D eigenvalue weighted by Crippen LogP contribution is -2.16. The predicted octanol–water partition coefficient (Wildman–Crippen LogP) is 14.3. The standard InChI is InChI=1S/C49H35NS/c1-49(2)45-18-10-8-15-39(45)40-29-28-37(30-46(40)49)50(35-24-20-33(21-25-35)32-12-4-3-5-13-32)36-26-22-34(23-27-36)43-31-44-41-16-9-11-19-47(41)51-48(44)42-17-7-6-14-38(42)43/h3-31H,1-2H3. The molecule has 0 radical (unpaired) electrons. The Morgan fingerprint density at radius 3 is 1.73 bits per heavy atom. The molecule has 0 spiro atoms. The van der Waals surface area contributed by atoms with Crippen molar-refractivity contribution < 1.29 is 0 Å². The molecule has 1 aromatic heterocycles. The quantitative estimate of drug-likeness (QED) is 0.176. The monoisotopic (exact) mass is 669 g/mol. The Hall–Kier alpha value is -5.96. The summed E-state index contributed by atoms with van der Waals surface area (Å²) in [4.78, 5) is 2.41. The van der Waals surface area contributed by atoms with Gasteiger partial charge in [0.25, 0.3) is 0 Å². The predicted molar refractivity (Wildman–Crippen MR) is 220 cm³/mol. The molecule has 0 saturated heterocycles. The minimum atomic E-state index is -0.0832. The zero-order chi connectivity index (χ0) is 34.1. The Bertz CT molecular complexity index is 2750. The van der Waals surface area contributed by atoms with Crippen LogP contribution in [0, 0.1) is 0 Å². The van der Waals surface area contributed by atoms with Crippen LogP contribution in [-0.4, -0.2) is 0 Å². The summed E-state index contributed by atoms with van der Waals surface area (Å²) >= 11 is 1.89. The highest BCUT2D eigenvalue weighted by Gasteiger charge is 2.35. The van der Waals surface area contributed by atoms with Crippen LogP contribution in [0.25, 0.3) is 64.3 Å². The summed E-state index contributed by atoms with van der Waals surface area (Å²) in [5.41, 5.74) is 13.7. The second kappa shape index (κ2) is 11.6. The third-order valence-corrected chi connectivity index (χ3v) is 12.1. The molecule has 1 nitrogen and oxygen atoms in total. The van der Waals surface area contributed by atoms with Crippen LogP contribution in [0.1, 0.15) is 25.0 Å². The van der Waals surface area contributed by atoms with Crippen LogP contribution >= 0.6 is 11.3 Å². The topological polar surface area (TPSA) is 3.24 Å². The third kappa shape index (κ3) is 4.75. The van der Waals surface area contributed by atoms with E-state index in [0.717, 1.165) is 17.1 Å². The van der Waals surface area contributed by atoms with Crippen molar-refractivity contribution in [1.82, 2.24) is 0 Å². The zero-order valence-electron chi connectivity index (χ0n) is 28.6. The van der Waals surface area contributed by atoms with E-state index >= 15 is 0 Å². The van der Waals surface area contributed by atoms with E-state index < -0.39 is 0 Å². The van der Waals surface area contributed by atoms with Crippen molar-refractivity contribution in [3.05, 3.63) is 187 Å². The highest BCUT2D eigenvalue weighted by molar-refractivity contribution is 7.26. The first-order valence-electron chi connectivity index (χ1n) is 17.7. The fraction of sp³-hybridized carbons (Fsp3) is 0.0612. The maximum absolute atomic E-state index is 2.41. The third-order valence-electron chi connectivity index (χ3n) is 10.9. The lowest BCUT2D eigenvalue weighted by Gasteiger charge is -2.28. The van der Waals surface area contributed by atoms with Gasteiger partial charge >= 0.3 is 0 Å². The molecule has 242 valence electrons. The molecule has 2 heteroatoms. The van der Waals surface area contributed by atoms with E-state index in [1.807, 2.05) is 11.3 Å².